The summed E-state index contributed by atoms with van der Waals surface area (Å²) in [6.45, 7) is 0. The summed E-state index contributed by atoms with van der Waals surface area (Å²) in [5, 5.41) is 12.2. The number of benzene rings is 1. The lowest BCUT2D eigenvalue weighted by molar-refractivity contribution is 0.623. The normalized spacial score (nSPS) is 19.0. The molecule has 2 N–H and O–H groups in total. The number of rotatable bonds is 3. The molecule has 0 saturated heterocycles. The largest absolute Gasteiger partial charge is 0.343 e. The maximum absolute atomic E-state index is 4.54. The van der Waals surface area contributed by atoms with Crippen LogP contribution >= 0.6 is 11.3 Å². The zero-order chi connectivity index (χ0) is 16.7. The zero-order valence-electron chi connectivity index (χ0n) is 13.4. The third-order valence-electron chi connectivity index (χ3n) is 4.95. The molecule has 4 nitrogen and oxygen atoms in total. The Bertz CT molecular complexity index is 1010. The van der Waals surface area contributed by atoms with Gasteiger partial charge in [-0.2, -0.15) is 16.4 Å². The highest BCUT2D eigenvalue weighted by Crippen LogP contribution is 2.43. The van der Waals surface area contributed by atoms with Crippen molar-refractivity contribution in [2.24, 2.45) is 0 Å². The van der Waals surface area contributed by atoms with Gasteiger partial charge in [0.05, 0.1) is 18.2 Å². The average Bonchev–Trinajstić information content (AvgIpc) is 3.42. The quantitative estimate of drug-likeness (QED) is 0.578. The van der Waals surface area contributed by atoms with Crippen molar-refractivity contribution in [1.82, 2.24) is 20.2 Å². The molecule has 3 aromatic heterocycles. The van der Waals surface area contributed by atoms with Crippen LogP contribution in [0.5, 0.6) is 0 Å². The number of imidazole rings is 1. The summed E-state index contributed by atoms with van der Waals surface area (Å²) in [4.78, 5) is 7.26. The highest BCUT2D eigenvalue weighted by Gasteiger charge is 2.36. The lowest BCUT2D eigenvalue weighted by Gasteiger charge is -2.33. The molecule has 3 heterocycles. The topological polar surface area (TPSA) is 57.4 Å². The summed E-state index contributed by atoms with van der Waals surface area (Å²) < 4.78 is 0. The van der Waals surface area contributed by atoms with Gasteiger partial charge in [-0.25, -0.2) is 4.98 Å². The maximum Gasteiger partial charge on any atom is 0.117 e. The van der Waals surface area contributed by atoms with Crippen molar-refractivity contribution >= 4 is 17.4 Å². The Morgan fingerprint density at radius 3 is 2.76 bits per heavy atom. The summed E-state index contributed by atoms with van der Waals surface area (Å²) in [7, 11) is 0. The van der Waals surface area contributed by atoms with Crippen molar-refractivity contribution in [2.45, 2.75) is 11.8 Å². The molecule has 1 aliphatic carbocycles. The minimum Gasteiger partial charge on any atom is -0.343 e. The molecule has 0 spiro atoms. The number of hydrogen-bond acceptors (Lipinski definition) is 3. The Kier molecular flexibility index (Phi) is 3.21. The van der Waals surface area contributed by atoms with Crippen LogP contribution in [0, 0.1) is 0 Å². The van der Waals surface area contributed by atoms with E-state index in [1.807, 2.05) is 6.20 Å². The molecule has 122 valence electrons. The molecule has 4 aromatic rings. The van der Waals surface area contributed by atoms with Gasteiger partial charge in [0.15, 0.2) is 0 Å². The fourth-order valence-electron chi connectivity index (χ4n) is 3.67. The molecule has 25 heavy (non-hydrogen) atoms. The first kappa shape index (κ1) is 14.4. The number of fused-ring (bicyclic) bond motifs is 1. The van der Waals surface area contributed by atoms with Crippen molar-refractivity contribution in [3.8, 4) is 11.4 Å². The molecule has 0 amide bonds. The zero-order valence-corrected chi connectivity index (χ0v) is 14.3. The Labute approximate surface area is 149 Å². The SMILES string of the molecule is C1=CC(c2ccccc2)(c2ccsc2)Cc2[nH]nc(-c3cnc[nH]3)c21. The summed E-state index contributed by atoms with van der Waals surface area (Å²) in [6.07, 6.45) is 8.87. The minimum atomic E-state index is -0.161. The maximum atomic E-state index is 4.54. The molecule has 0 fully saturated rings. The highest BCUT2D eigenvalue weighted by molar-refractivity contribution is 7.08. The van der Waals surface area contributed by atoms with Gasteiger partial charge in [0.25, 0.3) is 0 Å². The second kappa shape index (κ2) is 5.57. The molecule has 5 heteroatoms. The first-order valence-electron chi connectivity index (χ1n) is 8.20. The van der Waals surface area contributed by atoms with Gasteiger partial charge in [0.2, 0.25) is 0 Å². The van der Waals surface area contributed by atoms with E-state index in [0.29, 0.717) is 0 Å². The number of thiophene rings is 1. The van der Waals surface area contributed by atoms with Gasteiger partial charge < -0.3 is 4.98 Å². The third-order valence-corrected chi connectivity index (χ3v) is 5.63. The van der Waals surface area contributed by atoms with E-state index in [2.05, 4.69) is 79.5 Å². The van der Waals surface area contributed by atoms with Gasteiger partial charge in [0.1, 0.15) is 5.69 Å². The van der Waals surface area contributed by atoms with Crippen LogP contribution in [-0.2, 0) is 11.8 Å². The van der Waals surface area contributed by atoms with Crippen LogP contribution in [0.15, 0.2) is 65.8 Å². The molecular weight excluding hydrogens is 328 g/mol. The van der Waals surface area contributed by atoms with E-state index in [-0.39, 0.29) is 5.41 Å². The van der Waals surface area contributed by atoms with E-state index >= 15 is 0 Å². The fourth-order valence-corrected chi connectivity index (χ4v) is 4.41. The van der Waals surface area contributed by atoms with Gasteiger partial charge in [-0.15, -0.1) is 0 Å². The Hall–Kier alpha value is -2.92. The Morgan fingerprint density at radius 2 is 2.00 bits per heavy atom. The lowest BCUT2D eigenvalue weighted by Crippen LogP contribution is -2.30. The summed E-state index contributed by atoms with van der Waals surface area (Å²) in [5.74, 6) is 0. The fraction of sp³-hybridized carbons (Fsp3) is 0.100. The van der Waals surface area contributed by atoms with Crippen LogP contribution in [0.3, 0.4) is 0 Å². The molecule has 0 bridgehead atoms. The summed E-state index contributed by atoms with van der Waals surface area (Å²) >= 11 is 1.74. The first-order chi connectivity index (χ1) is 12.4. The minimum absolute atomic E-state index is 0.161. The number of nitrogens with one attached hydrogen (secondary N) is 2. The molecule has 0 aliphatic heterocycles. The number of aromatic nitrogens is 4. The van der Waals surface area contributed by atoms with E-state index in [0.717, 1.165) is 29.1 Å². The van der Waals surface area contributed by atoms with E-state index < -0.39 is 0 Å². The van der Waals surface area contributed by atoms with Gasteiger partial charge in [-0.3, -0.25) is 5.10 Å². The second-order valence-electron chi connectivity index (χ2n) is 6.29. The molecule has 1 aromatic carbocycles. The predicted octanol–water partition coefficient (Wildman–Crippen LogP) is 4.42. The van der Waals surface area contributed by atoms with Crippen LogP contribution < -0.4 is 0 Å². The van der Waals surface area contributed by atoms with E-state index in [4.69, 9.17) is 0 Å². The molecule has 5 rings (SSSR count). The van der Waals surface area contributed by atoms with E-state index in [9.17, 15) is 0 Å². The Morgan fingerprint density at radius 1 is 1.08 bits per heavy atom. The van der Waals surface area contributed by atoms with Gasteiger partial charge in [-0.05, 0) is 28.0 Å². The van der Waals surface area contributed by atoms with Crippen LogP contribution in [0.2, 0.25) is 0 Å². The van der Waals surface area contributed by atoms with Crippen LogP contribution in [0.25, 0.3) is 17.5 Å². The van der Waals surface area contributed by atoms with Gasteiger partial charge in [0, 0.05) is 23.1 Å². The number of allylic oxidation sites excluding steroid dienone is 1. The summed E-state index contributed by atoms with van der Waals surface area (Å²) in [5.41, 5.74) is 6.62. The monoisotopic (exact) mass is 344 g/mol. The molecule has 1 aliphatic rings. The number of nitrogens with zero attached hydrogens (tertiary/aromatic N) is 2. The standard InChI is InChI=1S/C20H16N4S/c1-2-4-14(5-3-1)20(15-7-9-25-12-15)8-6-16-17(10-20)23-24-19(16)18-11-21-13-22-18/h1-9,11-13H,10H2,(H,21,22)(H,23,24). The van der Waals surface area contributed by atoms with Crippen LogP contribution in [0.4, 0.5) is 0 Å². The number of aromatic amines is 2. The number of hydrogen-bond donors (Lipinski definition) is 2. The van der Waals surface area contributed by atoms with Crippen LogP contribution in [-0.4, -0.2) is 20.2 Å². The lowest BCUT2D eigenvalue weighted by atomic mass is 9.69. The molecule has 1 unspecified atom stereocenters. The number of H-pyrrole nitrogens is 2. The predicted molar refractivity (Wildman–Crippen MR) is 100 cm³/mol. The molecule has 0 radical (unpaired) electrons. The van der Waals surface area contributed by atoms with Crippen molar-refractivity contribution in [2.75, 3.05) is 0 Å². The Balaban J connectivity index is 1.66. The highest BCUT2D eigenvalue weighted by atomic mass is 32.1. The molecule has 0 saturated carbocycles. The molecule has 1 atom stereocenters. The van der Waals surface area contributed by atoms with E-state index in [1.165, 1.54) is 11.1 Å². The average molecular weight is 344 g/mol. The van der Waals surface area contributed by atoms with Crippen molar-refractivity contribution in [3.05, 3.63) is 88.1 Å². The van der Waals surface area contributed by atoms with Gasteiger partial charge >= 0.3 is 0 Å². The second-order valence-corrected chi connectivity index (χ2v) is 7.07. The summed E-state index contributed by atoms with van der Waals surface area (Å²) in [6, 6.07) is 12.9. The third kappa shape index (κ3) is 2.20. The van der Waals surface area contributed by atoms with Crippen molar-refractivity contribution in [1.29, 1.82) is 0 Å². The smallest absolute Gasteiger partial charge is 0.117 e. The van der Waals surface area contributed by atoms with Crippen molar-refractivity contribution in [3.63, 3.8) is 0 Å². The van der Waals surface area contributed by atoms with Crippen molar-refractivity contribution < 1.29 is 0 Å². The van der Waals surface area contributed by atoms with Gasteiger partial charge in [-0.1, -0.05) is 42.5 Å². The van der Waals surface area contributed by atoms with E-state index in [1.54, 1.807) is 17.7 Å². The molecular formula is C20H16N4S. The van der Waals surface area contributed by atoms with Crippen LogP contribution in [0.1, 0.15) is 22.4 Å². The first-order valence-corrected chi connectivity index (χ1v) is 9.14.